The zero-order chi connectivity index (χ0) is 18.1. The van der Waals surface area contributed by atoms with Crippen LogP contribution in [-0.4, -0.2) is 32.6 Å². The van der Waals surface area contributed by atoms with Crippen molar-refractivity contribution in [3.8, 4) is 0 Å². The minimum Gasteiger partial charge on any atom is -0.480 e. The van der Waals surface area contributed by atoms with Gasteiger partial charge in [-0.25, -0.2) is 9.59 Å². The number of carboxylic acids is 1. The zero-order valence-electron chi connectivity index (χ0n) is 14.6. The van der Waals surface area contributed by atoms with E-state index in [2.05, 4.69) is 10.4 Å². The molecule has 0 aliphatic rings. The third-order valence-electron chi connectivity index (χ3n) is 3.49. The van der Waals surface area contributed by atoms with Crippen molar-refractivity contribution in [1.29, 1.82) is 0 Å². The van der Waals surface area contributed by atoms with E-state index in [4.69, 9.17) is 4.74 Å². The molecule has 130 valence electrons. The van der Waals surface area contributed by atoms with Gasteiger partial charge in [-0.05, 0) is 51.8 Å². The minimum atomic E-state index is -0.922. The summed E-state index contributed by atoms with van der Waals surface area (Å²) in [5, 5.41) is 17.1. The van der Waals surface area contributed by atoms with Gasteiger partial charge in [-0.3, -0.25) is 10.00 Å². The molecule has 1 aromatic heterocycles. The standard InChI is InChI=1S/C17H23N3O4/c1-6-14(15(21)22)20-9-11-8-12(10(2)7-13(11)19-20)18-16(23)24-17(3,4)5/h7-9,14H,6H2,1-5H3,(H,18,23)(H,21,22). The van der Waals surface area contributed by atoms with E-state index in [1.807, 2.05) is 13.0 Å². The van der Waals surface area contributed by atoms with Gasteiger partial charge in [0.1, 0.15) is 11.6 Å². The van der Waals surface area contributed by atoms with Crippen molar-refractivity contribution >= 4 is 28.7 Å². The summed E-state index contributed by atoms with van der Waals surface area (Å²) in [7, 11) is 0. The Hall–Kier alpha value is -2.57. The third kappa shape index (κ3) is 4.04. The van der Waals surface area contributed by atoms with Crippen LogP contribution in [0.3, 0.4) is 0 Å². The quantitative estimate of drug-likeness (QED) is 0.889. The Morgan fingerprint density at radius 1 is 1.38 bits per heavy atom. The number of carbonyl (C=O) groups excluding carboxylic acids is 1. The number of nitrogens with one attached hydrogen (secondary N) is 1. The van der Waals surface area contributed by atoms with Crippen molar-refractivity contribution in [3.63, 3.8) is 0 Å². The second-order valence-corrected chi connectivity index (χ2v) is 6.72. The average Bonchev–Trinajstić information content (AvgIpc) is 2.79. The summed E-state index contributed by atoms with van der Waals surface area (Å²) in [6.45, 7) is 9.03. The van der Waals surface area contributed by atoms with Gasteiger partial charge in [0.05, 0.1) is 5.52 Å². The molecule has 0 spiro atoms. The lowest BCUT2D eigenvalue weighted by Crippen LogP contribution is -2.27. The highest BCUT2D eigenvalue weighted by molar-refractivity contribution is 5.91. The number of fused-ring (bicyclic) bond motifs is 1. The van der Waals surface area contributed by atoms with E-state index < -0.39 is 23.7 Å². The molecule has 0 bridgehead atoms. The number of aliphatic carboxylic acids is 1. The summed E-state index contributed by atoms with van der Waals surface area (Å²) >= 11 is 0. The summed E-state index contributed by atoms with van der Waals surface area (Å²) in [4.78, 5) is 23.2. The van der Waals surface area contributed by atoms with Crippen LogP contribution in [0.5, 0.6) is 0 Å². The molecular formula is C17H23N3O4. The molecule has 1 amide bonds. The molecule has 1 heterocycles. The van der Waals surface area contributed by atoms with Crippen LogP contribution in [0, 0.1) is 6.92 Å². The van der Waals surface area contributed by atoms with Crippen molar-refractivity contribution in [3.05, 3.63) is 23.9 Å². The maximum Gasteiger partial charge on any atom is 0.412 e. The van der Waals surface area contributed by atoms with Crippen molar-refractivity contribution in [2.75, 3.05) is 5.32 Å². The van der Waals surface area contributed by atoms with Crippen molar-refractivity contribution in [2.45, 2.75) is 52.7 Å². The van der Waals surface area contributed by atoms with Crippen LogP contribution in [0.1, 0.15) is 45.7 Å². The van der Waals surface area contributed by atoms with Crippen molar-refractivity contribution < 1.29 is 19.4 Å². The normalized spacial score (nSPS) is 12.9. The van der Waals surface area contributed by atoms with E-state index in [9.17, 15) is 14.7 Å². The average molecular weight is 333 g/mol. The fraction of sp³-hybridized carbons (Fsp3) is 0.471. The second-order valence-electron chi connectivity index (χ2n) is 6.72. The Morgan fingerprint density at radius 3 is 2.58 bits per heavy atom. The van der Waals surface area contributed by atoms with Crippen molar-refractivity contribution in [1.82, 2.24) is 9.78 Å². The number of benzene rings is 1. The van der Waals surface area contributed by atoms with Gasteiger partial charge < -0.3 is 9.84 Å². The van der Waals surface area contributed by atoms with Gasteiger partial charge in [-0.1, -0.05) is 6.92 Å². The fourth-order valence-corrected chi connectivity index (χ4v) is 2.38. The Kier molecular flexibility index (Phi) is 4.82. The van der Waals surface area contributed by atoms with Crippen LogP contribution in [0.4, 0.5) is 10.5 Å². The lowest BCUT2D eigenvalue weighted by molar-refractivity contribution is -0.141. The van der Waals surface area contributed by atoms with Gasteiger partial charge in [0.2, 0.25) is 0 Å². The molecular weight excluding hydrogens is 310 g/mol. The van der Waals surface area contributed by atoms with Gasteiger partial charge in [-0.15, -0.1) is 0 Å². The monoisotopic (exact) mass is 333 g/mol. The first-order chi connectivity index (χ1) is 11.1. The molecule has 7 heteroatoms. The number of hydrogen-bond donors (Lipinski definition) is 2. The first kappa shape index (κ1) is 17.8. The van der Waals surface area contributed by atoms with Gasteiger partial charge in [0, 0.05) is 17.3 Å². The van der Waals surface area contributed by atoms with Crippen LogP contribution >= 0.6 is 0 Å². The number of carbonyl (C=O) groups is 2. The molecule has 0 saturated heterocycles. The van der Waals surface area contributed by atoms with E-state index in [1.165, 1.54) is 4.68 Å². The largest absolute Gasteiger partial charge is 0.480 e. The number of anilines is 1. The van der Waals surface area contributed by atoms with Crippen LogP contribution in [0.2, 0.25) is 0 Å². The van der Waals surface area contributed by atoms with Gasteiger partial charge >= 0.3 is 12.1 Å². The van der Waals surface area contributed by atoms with E-state index in [1.54, 1.807) is 40.0 Å². The van der Waals surface area contributed by atoms with Crippen LogP contribution in [-0.2, 0) is 9.53 Å². The maximum atomic E-state index is 11.9. The van der Waals surface area contributed by atoms with Gasteiger partial charge in [0.15, 0.2) is 0 Å². The molecule has 24 heavy (non-hydrogen) atoms. The molecule has 0 radical (unpaired) electrons. The van der Waals surface area contributed by atoms with E-state index in [0.717, 1.165) is 10.9 Å². The predicted molar refractivity (Wildman–Crippen MR) is 91.3 cm³/mol. The number of aryl methyl sites for hydroxylation is 1. The predicted octanol–water partition coefficient (Wildman–Crippen LogP) is 3.73. The molecule has 1 aromatic carbocycles. The van der Waals surface area contributed by atoms with Crippen molar-refractivity contribution in [2.24, 2.45) is 0 Å². The molecule has 2 rings (SSSR count). The Morgan fingerprint density at radius 2 is 2.04 bits per heavy atom. The minimum absolute atomic E-state index is 0.436. The molecule has 0 aliphatic heterocycles. The molecule has 7 nitrogen and oxygen atoms in total. The highest BCUT2D eigenvalue weighted by Crippen LogP contribution is 2.25. The highest BCUT2D eigenvalue weighted by Gasteiger charge is 2.20. The van der Waals surface area contributed by atoms with Gasteiger partial charge in [0.25, 0.3) is 0 Å². The first-order valence-electron chi connectivity index (χ1n) is 7.83. The number of ether oxygens (including phenoxy) is 1. The topological polar surface area (TPSA) is 93.5 Å². The Balaban J connectivity index is 2.32. The molecule has 0 saturated carbocycles. The SMILES string of the molecule is CCC(C(=O)O)n1cc2cc(NC(=O)OC(C)(C)C)c(C)cc2n1. The van der Waals surface area contributed by atoms with Crippen LogP contribution in [0.15, 0.2) is 18.3 Å². The van der Waals surface area contributed by atoms with E-state index in [0.29, 0.717) is 17.6 Å². The lowest BCUT2D eigenvalue weighted by Gasteiger charge is -2.20. The smallest absolute Gasteiger partial charge is 0.412 e. The van der Waals surface area contributed by atoms with Gasteiger partial charge in [-0.2, -0.15) is 5.10 Å². The molecule has 1 atom stereocenters. The summed E-state index contributed by atoms with van der Waals surface area (Å²) in [6.07, 6.45) is 1.58. The molecule has 1 unspecified atom stereocenters. The number of amides is 1. The molecule has 0 aliphatic carbocycles. The highest BCUT2D eigenvalue weighted by atomic mass is 16.6. The molecule has 2 N–H and O–H groups in total. The Bertz CT molecular complexity index is 774. The summed E-state index contributed by atoms with van der Waals surface area (Å²) in [6, 6.07) is 2.87. The molecule has 0 fully saturated rings. The Labute approximate surface area is 140 Å². The first-order valence-corrected chi connectivity index (χ1v) is 7.83. The summed E-state index contributed by atoms with van der Waals surface area (Å²) in [5.74, 6) is -0.922. The third-order valence-corrected chi connectivity index (χ3v) is 3.49. The van der Waals surface area contributed by atoms with Crippen LogP contribution < -0.4 is 5.32 Å². The summed E-state index contributed by atoms with van der Waals surface area (Å²) in [5.41, 5.74) is 1.53. The number of aromatic nitrogens is 2. The van der Waals surface area contributed by atoms with E-state index in [-0.39, 0.29) is 0 Å². The maximum absolute atomic E-state index is 11.9. The second kappa shape index (κ2) is 6.51. The van der Waals surface area contributed by atoms with E-state index >= 15 is 0 Å². The lowest BCUT2D eigenvalue weighted by atomic mass is 10.1. The fourth-order valence-electron chi connectivity index (χ4n) is 2.38. The number of hydrogen-bond acceptors (Lipinski definition) is 4. The number of carboxylic acid groups (broad SMARTS) is 1. The number of nitrogens with zero attached hydrogens (tertiary/aromatic N) is 2. The zero-order valence-corrected chi connectivity index (χ0v) is 14.6. The molecule has 2 aromatic rings. The summed E-state index contributed by atoms with van der Waals surface area (Å²) < 4.78 is 6.70. The van der Waals surface area contributed by atoms with Crippen LogP contribution in [0.25, 0.3) is 10.9 Å². The number of rotatable bonds is 4.